The van der Waals surface area contributed by atoms with Gasteiger partial charge in [-0.2, -0.15) is 11.8 Å². The number of rotatable bonds is 8. The summed E-state index contributed by atoms with van der Waals surface area (Å²) in [7, 11) is 0. The lowest BCUT2D eigenvalue weighted by molar-refractivity contribution is -0.144. The van der Waals surface area contributed by atoms with Gasteiger partial charge < -0.3 is 14.9 Å². The van der Waals surface area contributed by atoms with Gasteiger partial charge in [-0.05, 0) is 18.6 Å². The average molecular weight is 236 g/mol. The Morgan fingerprint density at radius 3 is 2.67 bits per heavy atom. The molecule has 0 rings (SSSR count). The lowest BCUT2D eigenvalue weighted by Crippen LogP contribution is -2.18. The summed E-state index contributed by atoms with van der Waals surface area (Å²) in [4.78, 5) is 11.0. The molecule has 15 heavy (non-hydrogen) atoms. The van der Waals surface area contributed by atoms with Gasteiger partial charge in [0.15, 0.2) is 0 Å². The van der Waals surface area contributed by atoms with E-state index in [4.69, 9.17) is 9.84 Å². The standard InChI is InChI=1S/C10H20O4S/c1-3-14-10(13)4-9(12)7-15-6-8(2)5-11/h8-9,11-12H,3-7H2,1-2H3. The molecule has 0 fully saturated rings. The highest BCUT2D eigenvalue weighted by Crippen LogP contribution is 2.11. The Morgan fingerprint density at radius 1 is 1.47 bits per heavy atom. The predicted molar refractivity (Wildman–Crippen MR) is 60.8 cm³/mol. The quantitative estimate of drug-likeness (QED) is 0.606. The number of esters is 1. The first-order valence-electron chi connectivity index (χ1n) is 5.12. The zero-order valence-corrected chi connectivity index (χ0v) is 10.1. The maximum Gasteiger partial charge on any atom is 0.308 e. The molecule has 5 heteroatoms. The number of ether oxygens (including phenoxy) is 1. The molecule has 0 saturated carbocycles. The van der Waals surface area contributed by atoms with Gasteiger partial charge >= 0.3 is 5.97 Å². The van der Waals surface area contributed by atoms with Crippen LogP contribution in [0.3, 0.4) is 0 Å². The second-order valence-corrected chi connectivity index (χ2v) is 4.56. The molecule has 2 unspecified atom stereocenters. The second kappa shape index (κ2) is 9.00. The molecule has 0 aliphatic rings. The maximum atomic E-state index is 11.0. The molecule has 0 aliphatic heterocycles. The number of carbonyl (C=O) groups is 1. The predicted octanol–water partition coefficient (Wildman–Crippen LogP) is 0.662. The van der Waals surface area contributed by atoms with Crippen molar-refractivity contribution in [1.82, 2.24) is 0 Å². The van der Waals surface area contributed by atoms with E-state index < -0.39 is 6.10 Å². The summed E-state index contributed by atoms with van der Waals surface area (Å²) in [5.74, 6) is 1.16. The molecule has 2 N–H and O–H groups in total. The molecular weight excluding hydrogens is 216 g/mol. The van der Waals surface area contributed by atoms with E-state index in [1.807, 2.05) is 6.92 Å². The largest absolute Gasteiger partial charge is 0.466 e. The smallest absolute Gasteiger partial charge is 0.308 e. The van der Waals surface area contributed by atoms with Crippen LogP contribution in [0.15, 0.2) is 0 Å². The molecule has 0 aromatic carbocycles. The van der Waals surface area contributed by atoms with Gasteiger partial charge in [0, 0.05) is 12.4 Å². The van der Waals surface area contributed by atoms with Crippen LogP contribution in [0.5, 0.6) is 0 Å². The van der Waals surface area contributed by atoms with Crippen molar-refractivity contribution in [2.45, 2.75) is 26.4 Å². The van der Waals surface area contributed by atoms with Crippen molar-refractivity contribution in [3.05, 3.63) is 0 Å². The third kappa shape index (κ3) is 8.72. The molecule has 0 amide bonds. The summed E-state index contributed by atoms with van der Waals surface area (Å²) in [6, 6.07) is 0. The summed E-state index contributed by atoms with van der Waals surface area (Å²) in [6.07, 6.45) is -0.603. The number of aliphatic hydroxyl groups excluding tert-OH is 2. The number of hydrogen-bond acceptors (Lipinski definition) is 5. The lowest BCUT2D eigenvalue weighted by atomic mass is 10.2. The van der Waals surface area contributed by atoms with Crippen molar-refractivity contribution in [1.29, 1.82) is 0 Å². The molecule has 2 atom stereocenters. The van der Waals surface area contributed by atoms with E-state index in [1.165, 1.54) is 11.8 Å². The van der Waals surface area contributed by atoms with Crippen molar-refractivity contribution < 1.29 is 19.7 Å². The lowest BCUT2D eigenvalue weighted by Gasteiger charge is -2.11. The number of aliphatic hydroxyl groups is 2. The minimum Gasteiger partial charge on any atom is -0.466 e. The first-order chi connectivity index (χ1) is 7.10. The number of carbonyl (C=O) groups excluding carboxylic acids is 1. The molecule has 0 spiro atoms. The summed E-state index contributed by atoms with van der Waals surface area (Å²) < 4.78 is 4.71. The van der Waals surface area contributed by atoms with Crippen LogP contribution in [0.1, 0.15) is 20.3 Å². The molecular formula is C10H20O4S. The minimum absolute atomic E-state index is 0.0499. The van der Waals surface area contributed by atoms with Crippen molar-refractivity contribution >= 4 is 17.7 Å². The first-order valence-corrected chi connectivity index (χ1v) is 6.27. The van der Waals surface area contributed by atoms with Crippen LogP contribution in [0.2, 0.25) is 0 Å². The fourth-order valence-electron chi connectivity index (χ4n) is 0.929. The monoisotopic (exact) mass is 236 g/mol. The van der Waals surface area contributed by atoms with Gasteiger partial charge in [-0.15, -0.1) is 0 Å². The van der Waals surface area contributed by atoms with E-state index >= 15 is 0 Å². The number of thioether (sulfide) groups is 1. The van der Waals surface area contributed by atoms with Crippen LogP contribution >= 0.6 is 11.8 Å². The van der Waals surface area contributed by atoms with E-state index in [-0.39, 0.29) is 24.9 Å². The van der Waals surface area contributed by atoms with E-state index in [1.54, 1.807) is 6.92 Å². The van der Waals surface area contributed by atoms with Crippen molar-refractivity contribution in [3.8, 4) is 0 Å². The molecule has 0 aromatic rings. The van der Waals surface area contributed by atoms with Crippen molar-refractivity contribution in [3.63, 3.8) is 0 Å². The first kappa shape index (κ1) is 14.7. The summed E-state index contributed by atoms with van der Waals surface area (Å²) in [5.41, 5.74) is 0. The Hall–Kier alpha value is -0.260. The molecule has 4 nitrogen and oxygen atoms in total. The minimum atomic E-state index is -0.653. The molecule has 0 radical (unpaired) electrons. The van der Waals surface area contributed by atoms with Gasteiger partial charge in [0.1, 0.15) is 0 Å². The highest BCUT2D eigenvalue weighted by molar-refractivity contribution is 7.99. The summed E-state index contributed by atoms with van der Waals surface area (Å²) in [6.45, 7) is 4.17. The van der Waals surface area contributed by atoms with Crippen LogP contribution in [0.25, 0.3) is 0 Å². The van der Waals surface area contributed by atoms with Gasteiger partial charge in [-0.1, -0.05) is 6.92 Å². The summed E-state index contributed by atoms with van der Waals surface area (Å²) in [5, 5.41) is 18.2. The van der Waals surface area contributed by atoms with Crippen molar-refractivity contribution in [2.75, 3.05) is 24.7 Å². The Labute approximate surface area is 95.0 Å². The number of hydrogen-bond donors (Lipinski definition) is 2. The van der Waals surface area contributed by atoms with Crippen LogP contribution in [-0.2, 0) is 9.53 Å². The van der Waals surface area contributed by atoms with Crippen LogP contribution in [0.4, 0.5) is 0 Å². The Morgan fingerprint density at radius 2 is 2.13 bits per heavy atom. The SMILES string of the molecule is CCOC(=O)CC(O)CSCC(C)CO. The Bertz CT molecular complexity index is 175. The molecule has 0 bridgehead atoms. The zero-order chi connectivity index (χ0) is 11.7. The Balaban J connectivity index is 3.48. The normalized spacial score (nSPS) is 14.7. The van der Waals surface area contributed by atoms with Gasteiger partial charge in [-0.3, -0.25) is 4.79 Å². The van der Waals surface area contributed by atoms with Gasteiger partial charge in [0.05, 0.1) is 19.1 Å². The van der Waals surface area contributed by atoms with Crippen LogP contribution in [0, 0.1) is 5.92 Å². The molecule has 0 aliphatic carbocycles. The molecule has 0 aromatic heterocycles. The van der Waals surface area contributed by atoms with E-state index in [0.717, 1.165) is 5.75 Å². The van der Waals surface area contributed by atoms with Gasteiger partial charge in [0.25, 0.3) is 0 Å². The van der Waals surface area contributed by atoms with Crippen LogP contribution < -0.4 is 0 Å². The topological polar surface area (TPSA) is 66.8 Å². The summed E-state index contributed by atoms with van der Waals surface area (Å²) >= 11 is 1.54. The maximum absolute atomic E-state index is 11.0. The van der Waals surface area contributed by atoms with E-state index in [0.29, 0.717) is 12.4 Å². The third-order valence-corrected chi connectivity index (χ3v) is 3.16. The van der Waals surface area contributed by atoms with Crippen LogP contribution in [-0.4, -0.2) is 47.0 Å². The fourth-order valence-corrected chi connectivity index (χ4v) is 1.96. The molecule has 0 saturated heterocycles. The Kier molecular flexibility index (Phi) is 8.85. The molecule has 90 valence electrons. The van der Waals surface area contributed by atoms with Gasteiger partial charge in [0.2, 0.25) is 0 Å². The fraction of sp³-hybridized carbons (Fsp3) is 0.900. The van der Waals surface area contributed by atoms with Crippen molar-refractivity contribution in [2.24, 2.45) is 5.92 Å². The average Bonchev–Trinajstić information content (AvgIpc) is 2.17. The van der Waals surface area contributed by atoms with E-state index in [9.17, 15) is 9.90 Å². The van der Waals surface area contributed by atoms with Gasteiger partial charge in [-0.25, -0.2) is 0 Å². The zero-order valence-electron chi connectivity index (χ0n) is 9.31. The van der Waals surface area contributed by atoms with E-state index in [2.05, 4.69) is 0 Å². The highest BCUT2D eigenvalue weighted by Gasteiger charge is 2.12. The third-order valence-electron chi connectivity index (χ3n) is 1.73. The highest BCUT2D eigenvalue weighted by atomic mass is 32.2. The molecule has 0 heterocycles. The second-order valence-electron chi connectivity index (χ2n) is 3.49.